The molecule has 1 aromatic carbocycles. The summed E-state index contributed by atoms with van der Waals surface area (Å²) in [5, 5.41) is 3.21. The summed E-state index contributed by atoms with van der Waals surface area (Å²) in [7, 11) is 1.95. The molecule has 1 atom stereocenters. The molecule has 1 unspecified atom stereocenters. The lowest BCUT2D eigenvalue weighted by Crippen LogP contribution is -2.15. The number of benzene rings is 1. The van der Waals surface area contributed by atoms with E-state index < -0.39 is 0 Å². The maximum Gasteiger partial charge on any atom is 0.132 e. The van der Waals surface area contributed by atoms with Gasteiger partial charge in [0.25, 0.3) is 0 Å². The fourth-order valence-corrected chi connectivity index (χ4v) is 1.97. The smallest absolute Gasteiger partial charge is 0.132 e. The highest BCUT2D eigenvalue weighted by atomic mass is 14.9. The van der Waals surface area contributed by atoms with Crippen LogP contribution in [0.25, 0.3) is 0 Å². The van der Waals surface area contributed by atoms with Crippen LogP contribution in [0.1, 0.15) is 35.6 Å². The van der Waals surface area contributed by atoms with Gasteiger partial charge in [-0.25, -0.2) is 9.97 Å². The van der Waals surface area contributed by atoms with Crippen molar-refractivity contribution in [3.63, 3.8) is 0 Å². The van der Waals surface area contributed by atoms with E-state index in [1.54, 1.807) is 0 Å². The largest absolute Gasteiger partial charge is 0.313 e. The molecule has 2 rings (SSSR count). The predicted molar refractivity (Wildman–Crippen MR) is 73.5 cm³/mol. The van der Waals surface area contributed by atoms with Crippen molar-refractivity contribution in [3.8, 4) is 0 Å². The highest BCUT2D eigenvalue weighted by molar-refractivity contribution is 5.23. The molecule has 1 heterocycles. The Balaban J connectivity index is 2.19. The van der Waals surface area contributed by atoms with Gasteiger partial charge in [0.15, 0.2) is 0 Å². The van der Waals surface area contributed by atoms with Gasteiger partial charge in [-0.15, -0.1) is 0 Å². The van der Waals surface area contributed by atoms with E-state index in [0.717, 1.165) is 23.5 Å². The predicted octanol–water partition coefficient (Wildman–Crippen LogP) is 2.66. The summed E-state index contributed by atoms with van der Waals surface area (Å²) < 4.78 is 0. The molecule has 0 aliphatic rings. The second-order valence-electron chi connectivity index (χ2n) is 4.50. The Morgan fingerprint density at radius 3 is 2.56 bits per heavy atom. The average Bonchev–Trinajstić information content (AvgIpc) is 2.39. The minimum Gasteiger partial charge on any atom is -0.313 e. The Hall–Kier alpha value is -1.74. The molecule has 0 bridgehead atoms. The lowest BCUT2D eigenvalue weighted by molar-refractivity contribution is 0.638. The molecular weight excluding hydrogens is 222 g/mol. The summed E-state index contributed by atoms with van der Waals surface area (Å²) in [4.78, 5) is 9.04. The zero-order valence-electron chi connectivity index (χ0n) is 11.1. The van der Waals surface area contributed by atoms with Gasteiger partial charge in [-0.2, -0.15) is 0 Å². The van der Waals surface area contributed by atoms with Crippen molar-refractivity contribution in [1.82, 2.24) is 15.3 Å². The second-order valence-corrected chi connectivity index (χ2v) is 4.50. The van der Waals surface area contributed by atoms with E-state index in [-0.39, 0.29) is 6.04 Å². The highest BCUT2D eigenvalue weighted by Crippen LogP contribution is 2.15. The van der Waals surface area contributed by atoms with Gasteiger partial charge in [0.2, 0.25) is 0 Å². The quantitative estimate of drug-likeness (QED) is 0.894. The van der Waals surface area contributed by atoms with E-state index in [9.17, 15) is 0 Å². The topological polar surface area (TPSA) is 37.8 Å². The maximum absolute atomic E-state index is 4.59. The number of hydrogen-bond acceptors (Lipinski definition) is 3. The third-order valence-electron chi connectivity index (χ3n) is 3.17. The summed E-state index contributed by atoms with van der Waals surface area (Å²) in [6.07, 6.45) is 2.72. The zero-order chi connectivity index (χ0) is 13.0. The molecule has 3 heteroatoms. The standard InChI is InChI=1S/C15H19N3/c1-11(16-3)14-10-17-15(18-12(14)2)9-13-7-5-4-6-8-13/h4-8,10-11,16H,9H2,1-3H3. The van der Waals surface area contributed by atoms with Crippen molar-refractivity contribution >= 4 is 0 Å². The number of aryl methyl sites for hydroxylation is 1. The number of aromatic nitrogens is 2. The van der Waals surface area contributed by atoms with Crippen molar-refractivity contribution in [2.45, 2.75) is 26.3 Å². The van der Waals surface area contributed by atoms with Crippen molar-refractivity contribution < 1.29 is 0 Å². The molecule has 94 valence electrons. The maximum atomic E-state index is 4.59. The van der Waals surface area contributed by atoms with Crippen molar-refractivity contribution in [2.24, 2.45) is 0 Å². The molecule has 2 aromatic rings. The minimum atomic E-state index is 0.288. The van der Waals surface area contributed by atoms with Gasteiger partial charge in [0.1, 0.15) is 5.82 Å². The fraction of sp³-hybridized carbons (Fsp3) is 0.333. The Kier molecular flexibility index (Phi) is 4.05. The Morgan fingerprint density at radius 1 is 1.22 bits per heavy atom. The van der Waals surface area contributed by atoms with Crippen LogP contribution >= 0.6 is 0 Å². The lowest BCUT2D eigenvalue weighted by atomic mass is 10.1. The first-order valence-electron chi connectivity index (χ1n) is 6.24. The van der Waals surface area contributed by atoms with Crippen LogP contribution in [0.2, 0.25) is 0 Å². The number of hydrogen-bond donors (Lipinski definition) is 1. The molecule has 0 aliphatic heterocycles. The first kappa shape index (κ1) is 12.7. The third-order valence-corrected chi connectivity index (χ3v) is 3.17. The van der Waals surface area contributed by atoms with E-state index in [1.165, 1.54) is 5.56 Å². The van der Waals surface area contributed by atoms with Crippen molar-refractivity contribution in [3.05, 3.63) is 59.2 Å². The van der Waals surface area contributed by atoms with E-state index >= 15 is 0 Å². The van der Waals surface area contributed by atoms with Gasteiger partial charge in [0, 0.05) is 29.9 Å². The van der Waals surface area contributed by atoms with Crippen LogP contribution in [0.5, 0.6) is 0 Å². The van der Waals surface area contributed by atoms with Crippen LogP contribution < -0.4 is 5.32 Å². The van der Waals surface area contributed by atoms with Crippen molar-refractivity contribution in [2.75, 3.05) is 7.05 Å². The van der Waals surface area contributed by atoms with Gasteiger partial charge in [-0.05, 0) is 26.5 Å². The normalized spacial score (nSPS) is 12.4. The Labute approximate surface area is 108 Å². The first-order chi connectivity index (χ1) is 8.70. The van der Waals surface area contributed by atoms with Crippen LogP contribution in [-0.2, 0) is 6.42 Å². The number of nitrogens with zero attached hydrogens (tertiary/aromatic N) is 2. The third kappa shape index (κ3) is 2.93. The molecule has 0 saturated carbocycles. The van der Waals surface area contributed by atoms with Crippen LogP contribution in [0.15, 0.2) is 36.5 Å². The van der Waals surface area contributed by atoms with E-state index in [0.29, 0.717) is 0 Å². The van der Waals surface area contributed by atoms with Crippen molar-refractivity contribution in [1.29, 1.82) is 0 Å². The van der Waals surface area contributed by atoms with E-state index in [2.05, 4.69) is 34.3 Å². The summed E-state index contributed by atoms with van der Waals surface area (Å²) >= 11 is 0. The summed E-state index contributed by atoms with van der Waals surface area (Å²) in [5.74, 6) is 0.880. The molecule has 0 radical (unpaired) electrons. The summed E-state index contributed by atoms with van der Waals surface area (Å²) in [6, 6.07) is 10.6. The average molecular weight is 241 g/mol. The summed E-state index contributed by atoms with van der Waals surface area (Å²) in [6.45, 7) is 4.15. The van der Waals surface area contributed by atoms with E-state index in [4.69, 9.17) is 0 Å². The zero-order valence-corrected chi connectivity index (χ0v) is 11.1. The molecule has 0 aliphatic carbocycles. The number of rotatable bonds is 4. The van der Waals surface area contributed by atoms with Crippen LogP contribution in [0, 0.1) is 6.92 Å². The molecule has 0 amide bonds. The fourth-order valence-electron chi connectivity index (χ4n) is 1.97. The summed E-state index contributed by atoms with van der Waals surface area (Å²) in [5.41, 5.74) is 3.46. The Bertz CT molecular complexity index is 508. The van der Waals surface area contributed by atoms with Gasteiger partial charge >= 0.3 is 0 Å². The molecule has 18 heavy (non-hydrogen) atoms. The molecule has 3 nitrogen and oxygen atoms in total. The van der Waals surface area contributed by atoms with Crippen LogP contribution in [-0.4, -0.2) is 17.0 Å². The Morgan fingerprint density at radius 2 is 1.94 bits per heavy atom. The lowest BCUT2D eigenvalue weighted by Gasteiger charge is -2.13. The monoisotopic (exact) mass is 241 g/mol. The first-order valence-corrected chi connectivity index (χ1v) is 6.24. The van der Waals surface area contributed by atoms with Crippen LogP contribution in [0.3, 0.4) is 0 Å². The van der Waals surface area contributed by atoms with Gasteiger partial charge in [0.05, 0.1) is 0 Å². The SMILES string of the molecule is CNC(C)c1cnc(Cc2ccccc2)nc1C. The van der Waals surface area contributed by atoms with Gasteiger partial charge < -0.3 is 5.32 Å². The molecule has 0 spiro atoms. The highest BCUT2D eigenvalue weighted by Gasteiger charge is 2.09. The van der Waals surface area contributed by atoms with E-state index in [1.807, 2.05) is 38.4 Å². The minimum absolute atomic E-state index is 0.288. The van der Waals surface area contributed by atoms with Gasteiger partial charge in [-0.1, -0.05) is 30.3 Å². The molecule has 0 fully saturated rings. The molecule has 1 aromatic heterocycles. The molecule has 0 saturated heterocycles. The van der Waals surface area contributed by atoms with Gasteiger partial charge in [-0.3, -0.25) is 0 Å². The molecular formula is C15H19N3. The molecule has 1 N–H and O–H groups in total. The second kappa shape index (κ2) is 5.74. The van der Waals surface area contributed by atoms with Crippen LogP contribution in [0.4, 0.5) is 0 Å². The number of nitrogens with one attached hydrogen (secondary N) is 1.